The summed E-state index contributed by atoms with van der Waals surface area (Å²) in [6.07, 6.45) is 2.07. The second-order valence-electron chi connectivity index (χ2n) is 5.78. The number of nitrogens with zero attached hydrogens (tertiary/aromatic N) is 1. The zero-order chi connectivity index (χ0) is 16.3. The Morgan fingerprint density at radius 2 is 2.26 bits per heavy atom. The molecule has 1 saturated heterocycles. The molecular weight excluding hydrogens is 297 g/mol. The first-order valence-electron chi connectivity index (χ1n) is 7.49. The highest BCUT2D eigenvalue weighted by Crippen LogP contribution is 2.18. The standard InChI is InChI=1S/C17H18FN3O2/c18-14-3-1-2-12(8-14)15-5-4-13(9-20-15)16(22)21-11-17(23)6-7-19-10-17/h1-5,8-9,19,23H,6-7,10-11H2,(H,21,22)/t17-/m1/s1. The Bertz CT molecular complexity index is 697. The van der Waals surface area contributed by atoms with Crippen LogP contribution in [0.2, 0.25) is 0 Å². The zero-order valence-electron chi connectivity index (χ0n) is 12.6. The summed E-state index contributed by atoms with van der Waals surface area (Å²) in [6, 6.07) is 9.45. The smallest absolute Gasteiger partial charge is 0.252 e. The van der Waals surface area contributed by atoms with Crippen molar-refractivity contribution < 1.29 is 14.3 Å². The fourth-order valence-corrected chi connectivity index (χ4v) is 2.58. The maximum Gasteiger partial charge on any atom is 0.252 e. The Kier molecular flexibility index (Phi) is 4.36. The summed E-state index contributed by atoms with van der Waals surface area (Å²) in [7, 11) is 0. The maximum atomic E-state index is 13.2. The molecule has 5 nitrogen and oxygen atoms in total. The van der Waals surface area contributed by atoms with Gasteiger partial charge in [0.25, 0.3) is 5.91 Å². The van der Waals surface area contributed by atoms with Crippen molar-refractivity contribution in [2.75, 3.05) is 19.6 Å². The monoisotopic (exact) mass is 315 g/mol. The van der Waals surface area contributed by atoms with Gasteiger partial charge in [-0.15, -0.1) is 0 Å². The molecule has 0 bridgehead atoms. The van der Waals surface area contributed by atoms with Crippen molar-refractivity contribution in [2.24, 2.45) is 0 Å². The van der Waals surface area contributed by atoms with E-state index in [2.05, 4.69) is 15.6 Å². The van der Waals surface area contributed by atoms with Crippen LogP contribution in [0.3, 0.4) is 0 Å². The zero-order valence-corrected chi connectivity index (χ0v) is 12.6. The van der Waals surface area contributed by atoms with Crippen LogP contribution in [0.4, 0.5) is 4.39 Å². The molecular formula is C17H18FN3O2. The number of aliphatic hydroxyl groups is 1. The van der Waals surface area contributed by atoms with E-state index >= 15 is 0 Å². The number of halogens is 1. The molecule has 1 aliphatic rings. The number of β-amino-alcohol motifs (C(OH)–C–C–N with tert-alkyl or cyclic N) is 1. The number of pyridine rings is 1. The Morgan fingerprint density at radius 3 is 2.91 bits per heavy atom. The van der Waals surface area contributed by atoms with Gasteiger partial charge < -0.3 is 15.7 Å². The lowest BCUT2D eigenvalue weighted by atomic mass is 10.0. The first-order chi connectivity index (χ1) is 11.1. The number of amides is 1. The van der Waals surface area contributed by atoms with Crippen LogP contribution >= 0.6 is 0 Å². The highest BCUT2D eigenvalue weighted by atomic mass is 19.1. The van der Waals surface area contributed by atoms with Crippen molar-refractivity contribution in [1.82, 2.24) is 15.6 Å². The third kappa shape index (κ3) is 3.72. The van der Waals surface area contributed by atoms with Crippen LogP contribution in [0, 0.1) is 5.82 Å². The fraction of sp³-hybridized carbons (Fsp3) is 0.294. The van der Waals surface area contributed by atoms with E-state index in [0.29, 0.717) is 29.8 Å². The van der Waals surface area contributed by atoms with E-state index in [-0.39, 0.29) is 18.3 Å². The summed E-state index contributed by atoms with van der Waals surface area (Å²) in [6.45, 7) is 1.42. The Labute approximate surface area is 133 Å². The van der Waals surface area contributed by atoms with Crippen molar-refractivity contribution in [3.05, 3.63) is 54.0 Å². The summed E-state index contributed by atoms with van der Waals surface area (Å²) in [5.41, 5.74) is 0.771. The largest absolute Gasteiger partial charge is 0.387 e. The molecule has 1 atom stereocenters. The molecule has 1 fully saturated rings. The van der Waals surface area contributed by atoms with Gasteiger partial charge in [-0.25, -0.2) is 4.39 Å². The number of hydrogen-bond donors (Lipinski definition) is 3. The molecule has 0 aliphatic carbocycles. The van der Waals surface area contributed by atoms with Crippen molar-refractivity contribution in [2.45, 2.75) is 12.0 Å². The quantitative estimate of drug-likeness (QED) is 0.796. The number of benzene rings is 1. The number of carbonyl (C=O) groups is 1. The molecule has 1 aliphatic heterocycles. The van der Waals surface area contributed by atoms with E-state index in [0.717, 1.165) is 6.54 Å². The van der Waals surface area contributed by atoms with E-state index in [4.69, 9.17) is 0 Å². The van der Waals surface area contributed by atoms with Crippen molar-refractivity contribution >= 4 is 5.91 Å². The van der Waals surface area contributed by atoms with Gasteiger partial charge in [0.05, 0.1) is 16.9 Å². The minimum Gasteiger partial charge on any atom is -0.387 e. The summed E-state index contributed by atoms with van der Waals surface area (Å²) < 4.78 is 13.2. The Morgan fingerprint density at radius 1 is 1.39 bits per heavy atom. The molecule has 1 amide bonds. The van der Waals surface area contributed by atoms with Crippen LogP contribution in [-0.4, -0.2) is 41.2 Å². The molecule has 0 radical (unpaired) electrons. The lowest BCUT2D eigenvalue weighted by molar-refractivity contribution is 0.0561. The second kappa shape index (κ2) is 6.44. The molecule has 2 heterocycles. The van der Waals surface area contributed by atoms with Gasteiger partial charge in [-0.05, 0) is 37.2 Å². The summed E-state index contributed by atoms with van der Waals surface area (Å²) in [5, 5.41) is 16.0. The highest BCUT2D eigenvalue weighted by Gasteiger charge is 2.31. The van der Waals surface area contributed by atoms with Gasteiger partial charge in [-0.3, -0.25) is 9.78 Å². The number of nitrogens with one attached hydrogen (secondary N) is 2. The van der Waals surface area contributed by atoms with E-state index in [9.17, 15) is 14.3 Å². The summed E-state index contributed by atoms with van der Waals surface area (Å²) in [5.74, 6) is -0.617. The van der Waals surface area contributed by atoms with Crippen LogP contribution in [0.1, 0.15) is 16.8 Å². The van der Waals surface area contributed by atoms with Crippen LogP contribution in [0.5, 0.6) is 0 Å². The highest BCUT2D eigenvalue weighted by molar-refractivity contribution is 5.94. The molecule has 1 aromatic heterocycles. The topological polar surface area (TPSA) is 74.2 Å². The second-order valence-corrected chi connectivity index (χ2v) is 5.78. The first kappa shape index (κ1) is 15.6. The van der Waals surface area contributed by atoms with Gasteiger partial charge in [0.1, 0.15) is 5.82 Å². The summed E-state index contributed by atoms with van der Waals surface area (Å²) >= 11 is 0. The molecule has 120 valence electrons. The molecule has 0 unspecified atom stereocenters. The molecule has 3 rings (SSSR count). The van der Waals surface area contributed by atoms with Gasteiger partial charge >= 0.3 is 0 Å². The lowest BCUT2D eigenvalue weighted by Crippen LogP contribution is -2.44. The first-order valence-corrected chi connectivity index (χ1v) is 7.49. The van der Waals surface area contributed by atoms with Crippen molar-refractivity contribution in [3.63, 3.8) is 0 Å². The van der Waals surface area contributed by atoms with Crippen molar-refractivity contribution in [1.29, 1.82) is 0 Å². The minimum absolute atomic E-state index is 0.199. The van der Waals surface area contributed by atoms with Gasteiger partial charge in [-0.1, -0.05) is 12.1 Å². The average Bonchev–Trinajstić information content (AvgIpc) is 3.00. The lowest BCUT2D eigenvalue weighted by Gasteiger charge is -2.21. The Hall–Kier alpha value is -2.31. The number of aromatic nitrogens is 1. The van der Waals surface area contributed by atoms with Crippen LogP contribution in [-0.2, 0) is 0 Å². The third-order valence-corrected chi connectivity index (χ3v) is 3.95. The summed E-state index contributed by atoms with van der Waals surface area (Å²) in [4.78, 5) is 16.3. The van der Waals surface area contributed by atoms with Gasteiger partial charge in [0, 0.05) is 24.8 Å². The molecule has 0 spiro atoms. The normalized spacial score (nSPS) is 20.4. The molecule has 23 heavy (non-hydrogen) atoms. The van der Waals surface area contributed by atoms with Gasteiger partial charge in [0.2, 0.25) is 0 Å². The van der Waals surface area contributed by atoms with E-state index < -0.39 is 5.60 Å². The van der Waals surface area contributed by atoms with Crippen LogP contribution in [0.15, 0.2) is 42.6 Å². The predicted molar refractivity (Wildman–Crippen MR) is 84.4 cm³/mol. The molecule has 6 heteroatoms. The van der Waals surface area contributed by atoms with Gasteiger partial charge in [-0.2, -0.15) is 0 Å². The Balaban J connectivity index is 1.65. The fourth-order valence-electron chi connectivity index (χ4n) is 2.58. The SMILES string of the molecule is O=C(NC[C@@]1(O)CCNC1)c1ccc(-c2cccc(F)c2)nc1. The van der Waals surface area contributed by atoms with Crippen molar-refractivity contribution in [3.8, 4) is 11.3 Å². The maximum absolute atomic E-state index is 13.2. The molecule has 1 aromatic carbocycles. The number of rotatable bonds is 4. The van der Waals surface area contributed by atoms with Gasteiger partial charge in [0.15, 0.2) is 0 Å². The van der Waals surface area contributed by atoms with E-state index in [1.165, 1.54) is 18.3 Å². The van der Waals surface area contributed by atoms with E-state index in [1.54, 1.807) is 24.3 Å². The molecule has 0 saturated carbocycles. The predicted octanol–water partition coefficient (Wildman–Crippen LogP) is 1.34. The number of carbonyl (C=O) groups excluding carboxylic acids is 1. The molecule has 2 aromatic rings. The van der Waals surface area contributed by atoms with E-state index in [1.807, 2.05) is 0 Å². The third-order valence-electron chi connectivity index (χ3n) is 3.95. The minimum atomic E-state index is -0.884. The average molecular weight is 315 g/mol. The van der Waals surface area contributed by atoms with Crippen LogP contribution < -0.4 is 10.6 Å². The molecule has 3 N–H and O–H groups in total. The van der Waals surface area contributed by atoms with Crippen LogP contribution in [0.25, 0.3) is 11.3 Å². The number of hydrogen-bond acceptors (Lipinski definition) is 4.